The zero-order valence-corrected chi connectivity index (χ0v) is 10.2. The van der Waals surface area contributed by atoms with Crippen LogP contribution in [0.25, 0.3) is 0 Å². The van der Waals surface area contributed by atoms with Crippen molar-refractivity contribution in [3.05, 3.63) is 29.8 Å². The van der Waals surface area contributed by atoms with Gasteiger partial charge in [0.05, 0.1) is 10.8 Å². The fourth-order valence-electron chi connectivity index (χ4n) is 1.05. The van der Waals surface area contributed by atoms with Gasteiger partial charge >= 0.3 is 5.97 Å². The molecule has 0 amide bonds. The predicted octanol–water partition coefficient (Wildman–Crippen LogP) is 0.964. The van der Waals surface area contributed by atoms with Gasteiger partial charge in [-0.25, -0.2) is 21.9 Å². The average Bonchev–Trinajstić information content (AvgIpc) is 2.29. The topological polar surface area (TPSA) is 83.5 Å². The molecule has 1 unspecified atom stereocenters. The quantitative estimate of drug-likeness (QED) is 0.841. The number of hydrogen-bond donors (Lipinski definition) is 2. The molecule has 18 heavy (non-hydrogen) atoms. The molecular weight excluding hydrogens is 268 g/mol. The molecule has 0 saturated carbocycles. The Hall–Kier alpha value is -1.54. The molecule has 0 heterocycles. The number of carboxylic acid groups (broad SMARTS) is 1. The molecule has 0 bridgehead atoms. The summed E-state index contributed by atoms with van der Waals surface area (Å²) in [6, 6.07) is 2.11. The van der Waals surface area contributed by atoms with Crippen molar-refractivity contribution < 1.29 is 27.1 Å². The van der Waals surface area contributed by atoms with Gasteiger partial charge in [0.2, 0.25) is 10.0 Å². The van der Waals surface area contributed by atoms with Gasteiger partial charge in [-0.15, -0.1) is 0 Å². The summed E-state index contributed by atoms with van der Waals surface area (Å²) in [6.45, 7) is 0.979. The second-order valence-corrected chi connectivity index (χ2v) is 5.43. The lowest BCUT2D eigenvalue weighted by atomic mass is 10.2. The summed E-state index contributed by atoms with van der Waals surface area (Å²) in [7, 11) is -4.05. The number of carboxylic acids is 1. The van der Waals surface area contributed by atoms with E-state index in [0.717, 1.165) is 6.07 Å². The molecule has 1 rings (SSSR count). The normalized spacial score (nSPS) is 13.3. The summed E-state index contributed by atoms with van der Waals surface area (Å²) >= 11 is 0. The minimum absolute atomic E-state index is 0.337. The highest BCUT2D eigenvalue weighted by molar-refractivity contribution is 7.89. The second kappa shape index (κ2) is 5.40. The zero-order valence-electron chi connectivity index (χ0n) is 9.35. The fourth-order valence-corrected chi connectivity index (χ4v) is 2.19. The van der Waals surface area contributed by atoms with Crippen LogP contribution in [-0.4, -0.2) is 26.0 Å². The largest absolute Gasteiger partial charge is 0.481 e. The van der Waals surface area contributed by atoms with E-state index in [-0.39, 0.29) is 6.54 Å². The van der Waals surface area contributed by atoms with E-state index in [4.69, 9.17) is 5.11 Å². The summed E-state index contributed by atoms with van der Waals surface area (Å²) in [5, 5.41) is 8.59. The van der Waals surface area contributed by atoms with Crippen molar-refractivity contribution in [2.75, 3.05) is 6.54 Å². The van der Waals surface area contributed by atoms with Gasteiger partial charge in [0.1, 0.15) is 0 Å². The third-order valence-electron chi connectivity index (χ3n) is 2.20. The van der Waals surface area contributed by atoms with Gasteiger partial charge in [0.25, 0.3) is 0 Å². The Balaban J connectivity index is 2.87. The highest BCUT2D eigenvalue weighted by Gasteiger charge is 2.19. The Morgan fingerprint density at radius 1 is 1.39 bits per heavy atom. The summed E-state index contributed by atoms with van der Waals surface area (Å²) < 4.78 is 50.8. The Bertz CT molecular complexity index is 559. The van der Waals surface area contributed by atoms with Crippen LogP contribution in [0.4, 0.5) is 8.78 Å². The summed E-state index contributed by atoms with van der Waals surface area (Å²) in [5.41, 5.74) is 0. The van der Waals surface area contributed by atoms with Crippen LogP contribution in [0.2, 0.25) is 0 Å². The third kappa shape index (κ3) is 3.47. The first-order valence-corrected chi connectivity index (χ1v) is 6.40. The molecule has 1 aromatic rings. The predicted molar refractivity (Wildman–Crippen MR) is 58.3 cm³/mol. The smallest absolute Gasteiger partial charge is 0.307 e. The van der Waals surface area contributed by atoms with Gasteiger partial charge in [-0.1, -0.05) is 6.92 Å². The molecule has 8 heteroatoms. The van der Waals surface area contributed by atoms with Gasteiger partial charge < -0.3 is 5.11 Å². The van der Waals surface area contributed by atoms with Gasteiger partial charge in [0, 0.05) is 6.54 Å². The number of sulfonamides is 1. The van der Waals surface area contributed by atoms with Crippen LogP contribution in [0, 0.1) is 17.6 Å². The van der Waals surface area contributed by atoms with Crippen LogP contribution in [0.3, 0.4) is 0 Å². The van der Waals surface area contributed by atoms with Crippen LogP contribution < -0.4 is 4.72 Å². The summed E-state index contributed by atoms with van der Waals surface area (Å²) in [4.78, 5) is 10.0. The van der Waals surface area contributed by atoms with E-state index >= 15 is 0 Å². The van der Waals surface area contributed by atoms with Crippen molar-refractivity contribution in [1.29, 1.82) is 0 Å². The molecule has 0 radical (unpaired) electrons. The average molecular weight is 279 g/mol. The van der Waals surface area contributed by atoms with E-state index in [1.807, 2.05) is 4.72 Å². The molecule has 1 atom stereocenters. The van der Waals surface area contributed by atoms with Crippen molar-refractivity contribution in [3.8, 4) is 0 Å². The first-order chi connectivity index (χ1) is 8.24. The molecule has 0 aliphatic rings. The summed E-state index contributed by atoms with van der Waals surface area (Å²) in [5.74, 6) is -4.54. The maximum absolute atomic E-state index is 12.9. The molecule has 0 aromatic heterocycles. The van der Waals surface area contributed by atoms with Crippen molar-refractivity contribution >= 4 is 16.0 Å². The number of nitrogens with one attached hydrogen (secondary N) is 1. The van der Waals surface area contributed by atoms with Crippen molar-refractivity contribution in [3.63, 3.8) is 0 Å². The number of halogens is 2. The SMILES string of the molecule is CC(CNS(=O)(=O)c1ccc(F)c(F)c1)C(=O)O. The molecule has 2 N–H and O–H groups in total. The number of rotatable bonds is 5. The molecule has 0 aliphatic carbocycles. The summed E-state index contributed by atoms with van der Waals surface area (Å²) in [6.07, 6.45) is 0. The number of hydrogen-bond acceptors (Lipinski definition) is 3. The molecule has 100 valence electrons. The van der Waals surface area contributed by atoms with E-state index in [0.29, 0.717) is 12.1 Å². The van der Waals surface area contributed by atoms with E-state index in [9.17, 15) is 22.0 Å². The van der Waals surface area contributed by atoms with Gasteiger partial charge in [-0.05, 0) is 18.2 Å². The van der Waals surface area contributed by atoms with Crippen molar-refractivity contribution in [2.24, 2.45) is 5.92 Å². The number of carbonyl (C=O) groups is 1. The van der Waals surface area contributed by atoms with E-state index in [1.165, 1.54) is 6.92 Å². The molecule has 0 aliphatic heterocycles. The molecule has 0 saturated heterocycles. The molecule has 5 nitrogen and oxygen atoms in total. The van der Waals surface area contributed by atoms with Crippen molar-refractivity contribution in [1.82, 2.24) is 4.72 Å². The second-order valence-electron chi connectivity index (χ2n) is 3.67. The van der Waals surface area contributed by atoms with Gasteiger partial charge in [-0.2, -0.15) is 0 Å². The van der Waals surface area contributed by atoms with Crippen LogP contribution in [0.15, 0.2) is 23.1 Å². The van der Waals surface area contributed by atoms with E-state index < -0.39 is 38.4 Å². The highest BCUT2D eigenvalue weighted by Crippen LogP contribution is 2.13. The molecule has 0 spiro atoms. The van der Waals surface area contributed by atoms with Gasteiger partial charge in [-0.3, -0.25) is 4.79 Å². The molecule has 0 fully saturated rings. The Labute approximate surface area is 102 Å². The standard InChI is InChI=1S/C10H11F2NO4S/c1-6(10(14)15)5-13-18(16,17)7-2-3-8(11)9(12)4-7/h2-4,6,13H,5H2,1H3,(H,14,15). The van der Waals surface area contributed by atoms with E-state index in [1.54, 1.807) is 0 Å². The molecular formula is C10H11F2NO4S. The first-order valence-electron chi connectivity index (χ1n) is 4.91. The van der Waals surface area contributed by atoms with Gasteiger partial charge in [0.15, 0.2) is 11.6 Å². The number of aliphatic carboxylic acids is 1. The Kier molecular flexibility index (Phi) is 4.36. The highest BCUT2D eigenvalue weighted by atomic mass is 32.2. The minimum Gasteiger partial charge on any atom is -0.481 e. The number of benzene rings is 1. The van der Waals surface area contributed by atoms with Crippen LogP contribution in [-0.2, 0) is 14.8 Å². The van der Waals surface area contributed by atoms with Crippen molar-refractivity contribution in [2.45, 2.75) is 11.8 Å². The first kappa shape index (κ1) is 14.5. The Morgan fingerprint density at radius 3 is 2.50 bits per heavy atom. The monoisotopic (exact) mass is 279 g/mol. The van der Waals surface area contributed by atoms with Crippen LogP contribution >= 0.6 is 0 Å². The Morgan fingerprint density at radius 2 is 2.00 bits per heavy atom. The fraction of sp³-hybridized carbons (Fsp3) is 0.300. The lowest BCUT2D eigenvalue weighted by molar-refractivity contribution is -0.140. The van der Waals surface area contributed by atoms with E-state index in [2.05, 4.69) is 0 Å². The lowest BCUT2D eigenvalue weighted by Crippen LogP contribution is -2.31. The maximum Gasteiger partial charge on any atom is 0.307 e. The third-order valence-corrected chi connectivity index (χ3v) is 3.62. The lowest BCUT2D eigenvalue weighted by Gasteiger charge is -2.09. The van der Waals surface area contributed by atoms with Crippen LogP contribution in [0.5, 0.6) is 0 Å². The molecule has 1 aromatic carbocycles. The minimum atomic E-state index is -4.05. The zero-order chi connectivity index (χ0) is 13.9. The maximum atomic E-state index is 12.9. The van der Waals surface area contributed by atoms with Crippen LogP contribution in [0.1, 0.15) is 6.92 Å².